The number of likely N-dealkylation sites (tertiary alicyclic amines) is 1. The molecule has 2 aliphatic rings. The molecule has 0 aromatic carbocycles. The number of amides is 2. The van der Waals surface area contributed by atoms with Crippen LogP contribution in [0.5, 0.6) is 0 Å². The molecular weight excluding hydrogens is 226 g/mol. The summed E-state index contributed by atoms with van der Waals surface area (Å²) in [5.74, 6) is 0.588. The fraction of sp³-hybridized carbons (Fsp3) is 0.929. The van der Waals surface area contributed by atoms with Crippen LogP contribution in [-0.2, 0) is 0 Å². The summed E-state index contributed by atoms with van der Waals surface area (Å²) in [7, 11) is 0. The molecular formula is C14H27N3O. The van der Waals surface area contributed by atoms with Crippen LogP contribution in [0, 0.1) is 5.92 Å². The molecule has 1 heterocycles. The van der Waals surface area contributed by atoms with Crippen LogP contribution in [0.3, 0.4) is 0 Å². The molecule has 1 saturated heterocycles. The van der Waals surface area contributed by atoms with Crippen LogP contribution in [0.4, 0.5) is 4.79 Å². The highest BCUT2D eigenvalue weighted by Crippen LogP contribution is 2.22. The van der Waals surface area contributed by atoms with E-state index in [1.54, 1.807) is 0 Å². The normalized spacial score (nSPS) is 29.7. The summed E-state index contributed by atoms with van der Waals surface area (Å²) in [5, 5.41) is 3.10. The van der Waals surface area contributed by atoms with Crippen molar-refractivity contribution in [1.82, 2.24) is 10.2 Å². The van der Waals surface area contributed by atoms with Crippen molar-refractivity contribution < 1.29 is 4.79 Å². The average molecular weight is 253 g/mol. The fourth-order valence-electron chi connectivity index (χ4n) is 3.14. The summed E-state index contributed by atoms with van der Waals surface area (Å²) in [6.45, 7) is 2.66. The number of hydrogen-bond acceptors (Lipinski definition) is 2. The second-order valence-corrected chi connectivity index (χ2v) is 5.88. The van der Waals surface area contributed by atoms with Crippen molar-refractivity contribution >= 4 is 6.03 Å². The maximum Gasteiger partial charge on any atom is 0.317 e. The third kappa shape index (κ3) is 4.16. The van der Waals surface area contributed by atoms with Crippen LogP contribution in [0.1, 0.15) is 51.4 Å². The van der Waals surface area contributed by atoms with E-state index in [4.69, 9.17) is 5.73 Å². The molecule has 1 saturated carbocycles. The summed E-state index contributed by atoms with van der Waals surface area (Å²) in [4.78, 5) is 14.0. The van der Waals surface area contributed by atoms with Crippen LogP contribution in [0.25, 0.3) is 0 Å². The van der Waals surface area contributed by atoms with Gasteiger partial charge < -0.3 is 16.0 Å². The topological polar surface area (TPSA) is 58.4 Å². The van der Waals surface area contributed by atoms with Gasteiger partial charge in [0, 0.05) is 25.7 Å². The van der Waals surface area contributed by atoms with Gasteiger partial charge in [0.1, 0.15) is 0 Å². The minimum absolute atomic E-state index is 0.135. The minimum atomic E-state index is 0.135. The van der Waals surface area contributed by atoms with Gasteiger partial charge in [0.2, 0.25) is 0 Å². The maximum absolute atomic E-state index is 12.1. The van der Waals surface area contributed by atoms with Crippen molar-refractivity contribution in [1.29, 1.82) is 0 Å². The molecule has 0 aromatic heterocycles. The zero-order valence-corrected chi connectivity index (χ0v) is 11.4. The van der Waals surface area contributed by atoms with Crippen molar-refractivity contribution in [2.45, 2.75) is 57.4 Å². The van der Waals surface area contributed by atoms with Gasteiger partial charge in [0.05, 0.1) is 0 Å². The van der Waals surface area contributed by atoms with E-state index in [1.165, 1.54) is 25.7 Å². The quantitative estimate of drug-likeness (QED) is 0.791. The lowest BCUT2D eigenvalue weighted by Crippen LogP contribution is -2.43. The van der Waals surface area contributed by atoms with Gasteiger partial charge in [-0.05, 0) is 38.0 Å². The number of rotatable bonds is 2. The Bertz CT molecular complexity index is 262. The Morgan fingerprint density at radius 1 is 1.11 bits per heavy atom. The number of nitrogens with one attached hydrogen (secondary N) is 1. The molecule has 2 rings (SSSR count). The van der Waals surface area contributed by atoms with E-state index in [1.807, 2.05) is 4.90 Å². The summed E-state index contributed by atoms with van der Waals surface area (Å²) in [6, 6.07) is 0.481. The molecule has 0 bridgehead atoms. The van der Waals surface area contributed by atoms with E-state index in [0.29, 0.717) is 12.0 Å². The van der Waals surface area contributed by atoms with E-state index in [-0.39, 0.29) is 6.03 Å². The standard InChI is InChI=1S/C14H27N3O/c15-13-7-5-6-12(10-13)11-16-14(18)17-8-3-1-2-4-9-17/h12-13H,1-11,15H2,(H,16,18). The first kappa shape index (κ1) is 13.7. The molecule has 4 nitrogen and oxygen atoms in total. The first-order valence-electron chi connectivity index (χ1n) is 7.54. The van der Waals surface area contributed by atoms with Crippen LogP contribution < -0.4 is 11.1 Å². The lowest BCUT2D eigenvalue weighted by Gasteiger charge is -2.28. The van der Waals surface area contributed by atoms with Crippen molar-refractivity contribution in [2.75, 3.05) is 19.6 Å². The van der Waals surface area contributed by atoms with E-state index in [2.05, 4.69) is 5.32 Å². The van der Waals surface area contributed by atoms with Crippen molar-refractivity contribution in [2.24, 2.45) is 11.7 Å². The molecule has 0 radical (unpaired) electrons. The second-order valence-electron chi connectivity index (χ2n) is 5.88. The number of carbonyl (C=O) groups excluding carboxylic acids is 1. The van der Waals surface area contributed by atoms with Gasteiger partial charge in [-0.25, -0.2) is 4.79 Å². The molecule has 0 spiro atoms. The maximum atomic E-state index is 12.1. The molecule has 2 atom stereocenters. The summed E-state index contributed by atoms with van der Waals surface area (Å²) >= 11 is 0. The third-order valence-corrected chi connectivity index (χ3v) is 4.26. The van der Waals surface area contributed by atoms with Gasteiger partial charge in [-0.1, -0.05) is 19.3 Å². The van der Waals surface area contributed by atoms with Crippen LogP contribution >= 0.6 is 0 Å². The third-order valence-electron chi connectivity index (χ3n) is 4.26. The average Bonchev–Trinajstić information content (AvgIpc) is 2.65. The SMILES string of the molecule is NC1CCCC(CNC(=O)N2CCCCCC2)C1. The number of nitrogens with two attached hydrogens (primary N) is 1. The van der Waals surface area contributed by atoms with Crippen LogP contribution in [-0.4, -0.2) is 36.6 Å². The van der Waals surface area contributed by atoms with Gasteiger partial charge in [0.15, 0.2) is 0 Å². The number of carbonyl (C=O) groups is 1. The summed E-state index contributed by atoms with van der Waals surface area (Å²) < 4.78 is 0. The lowest BCUT2D eigenvalue weighted by molar-refractivity contribution is 0.195. The number of hydrogen-bond donors (Lipinski definition) is 2. The predicted molar refractivity (Wildman–Crippen MR) is 73.4 cm³/mol. The highest BCUT2D eigenvalue weighted by Gasteiger charge is 2.21. The molecule has 1 aliphatic heterocycles. The van der Waals surface area contributed by atoms with Gasteiger partial charge in [0.25, 0.3) is 0 Å². The van der Waals surface area contributed by atoms with Crippen molar-refractivity contribution in [3.8, 4) is 0 Å². The van der Waals surface area contributed by atoms with Gasteiger partial charge in [-0.15, -0.1) is 0 Å². The van der Waals surface area contributed by atoms with Crippen LogP contribution in [0.2, 0.25) is 0 Å². The Labute approximate surface area is 110 Å². The van der Waals surface area contributed by atoms with E-state index >= 15 is 0 Å². The van der Waals surface area contributed by atoms with Gasteiger partial charge in [-0.2, -0.15) is 0 Å². The molecule has 1 aliphatic carbocycles. The van der Waals surface area contributed by atoms with E-state index in [0.717, 1.165) is 45.3 Å². The molecule has 0 aromatic rings. The number of urea groups is 1. The van der Waals surface area contributed by atoms with Gasteiger partial charge >= 0.3 is 6.03 Å². The molecule has 3 N–H and O–H groups in total. The Hall–Kier alpha value is -0.770. The largest absolute Gasteiger partial charge is 0.338 e. The monoisotopic (exact) mass is 253 g/mol. The first-order chi connectivity index (χ1) is 8.75. The van der Waals surface area contributed by atoms with Gasteiger partial charge in [-0.3, -0.25) is 0 Å². The Kier molecular flexibility index (Phi) is 5.29. The molecule has 18 heavy (non-hydrogen) atoms. The fourth-order valence-corrected chi connectivity index (χ4v) is 3.14. The molecule has 2 amide bonds. The Morgan fingerprint density at radius 2 is 1.83 bits per heavy atom. The van der Waals surface area contributed by atoms with E-state index in [9.17, 15) is 4.79 Å². The predicted octanol–water partition coefficient (Wildman–Crippen LogP) is 2.09. The van der Waals surface area contributed by atoms with E-state index < -0.39 is 0 Å². The molecule has 104 valence electrons. The highest BCUT2D eigenvalue weighted by atomic mass is 16.2. The zero-order valence-electron chi connectivity index (χ0n) is 11.4. The Morgan fingerprint density at radius 3 is 2.50 bits per heavy atom. The van der Waals surface area contributed by atoms with Crippen molar-refractivity contribution in [3.05, 3.63) is 0 Å². The minimum Gasteiger partial charge on any atom is -0.338 e. The van der Waals surface area contributed by atoms with Crippen LogP contribution in [0.15, 0.2) is 0 Å². The Balaban J connectivity index is 1.70. The molecule has 4 heteroatoms. The second kappa shape index (κ2) is 6.98. The first-order valence-corrected chi connectivity index (χ1v) is 7.54. The lowest BCUT2D eigenvalue weighted by atomic mass is 9.86. The zero-order chi connectivity index (χ0) is 12.8. The summed E-state index contributed by atoms with van der Waals surface area (Å²) in [6.07, 6.45) is 9.49. The number of nitrogens with zero attached hydrogens (tertiary/aromatic N) is 1. The molecule has 2 fully saturated rings. The molecule has 2 unspecified atom stereocenters. The smallest absolute Gasteiger partial charge is 0.317 e. The van der Waals surface area contributed by atoms with Crippen molar-refractivity contribution in [3.63, 3.8) is 0 Å². The summed E-state index contributed by atoms with van der Waals surface area (Å²) in [5.41, 5.74) is 5.97. The highest BCUT2D eigenvalue weighted by molar-refractivity contribution is 5.74.